The van der Waals surface area contributed by atoms with E-state index >= 15 is 0 Å². The summed E-state index contributed by atoms with van der Waals surface area (Å²) in [4.78, 5) is 13.2. The lowest BCUT2D eigenvalue weighted by Crippen LogP contribution is -2.43. The number of nitrogens with one attached hydrogen (secondary N) is 1. The van der Waals surface area contributed by atoms with Crippen LogP contribution in [0, 0.1) is 5.82 Å². The largest absolute Gasteiger partial charge is 0.385 e. The first-order valence-electron chi connectivity index (χ1n) is 7.34. The number of hydrazine groups is 1. The molecule has 1 aliphatic rings. The number of likely N-dealkylation sites (tertiary alicyclic amines) is 1. The molecule has 1 heterocycles. The number of piperidine rings is 1. The topological polar surface area (TPSA) is 78.6 Å². The van der Waals surface area contributed by atoms with Crippen molar-refractivity contribution in [2.75, 3.05) is 19.6 Å². The smallest absolute Gasteiger partial charge is 0.233 e. The summed E-state index contributed by atoms with van der Waals surface area (Å²) in [6.45, 7) is 2.18. The van der Waals surface area contributed by atoms with Gasteiger partial charge in [-0.15, -0.1) is 0 Å². The van der Waals surface area contributed by atoms with Gasteiger partial charge in [-0.05, 0) is 43.5 Å². The highest BCUT2D eigenvalue weighted by Gasteiger charge is 2.34. The molecule has 2 rings (SSSR count). The lowest BCUT2D eigenvalue weighted by molar-refractivity contribution is -0.121. The van der Waals surface area contributed by atoms with Gasteiger partial charge in [-0.25, -0.2) is 10.2 Å². The van der Waals surface area contributed by atoms with Crippen LogP contribution in [0.5, 0.6) is 0 Å². The SMILES string of the molecule is NNC(=O)CCCN1CCC(O)(c2ccc(Cl)c(F)c2)CC1. The van der Waals surface area contributed by atoms with Crippen LogP contribution in [0.2, 0.25) is 5.02 Å². The van der Waals surface area contributed by atoms with Crippen LogP contribution in [0.4, 0.5) is 4.39 Å². The van der Waals surface area contributed by atoms with E-state index < -0.39 is 11.4 Å². The third-order valence-corrected chi connectivity index (χ3v) is 4.49. The molecule has 1 aromatic carbocycles. The highest BCUT2D eigenvalue weighted by Crippen LogP contribution is 2.34. The van der Waals surface area contributed by atoms with Crippen molar-refractivity contribution in [2.45, 2.75) is 31.3 Å². The lowest BCUT2D eigenvalue weighted by Gasteiger charge is -2.38. The zero-order valence-corrected chi connectivity index (χ0v) is 13.1. The summed E-state index contributed by atoms with van der Waals surface area (Å²) in [5.41, 5.74) is 1.65. The second-order valence-corrected chi connectivity index (χ2v) is 6.08. The zero-order chi connectivity index (χ0) is 16.2. The second-order valence-electron chi connectivity index (χ2n) is 5.67. The Balaban J connectivity index is 1.87. The molecule has 1 aromatic rings. The van der Waals surface area contributed by atoms with Crippen molar-refractivity contribution in [3.63, 3.8) is 0 Å². The average molecular weight is 330 g/mol. The Morgan fingerprint density at radius 3 is 2.73 bits per heavy atom. The third-order valence-electron chi connectivity index (χ3n) is 4.18. The van der Waals surface area contributed by atoms with Gasteiger partial charge >= 0.3 is 0 Å². The lowest BCUT2D eigenvalue weighted by atomic mass is 9.84. The van der Waals surface area contributed by atoms with E-state index in [4.69, 9.17) is 17.4 Å². The van der Waals surface area contributed by atoms with Crippen molar-refractivity contribution in [3.8, 4) is 0 Å². The first kappa shape index (κ1) is 17.1. The van der Waals surface area contributed by atoms with Crippen LogP contribution in [0.25, 0.3) is 0 Å². The van der Waals surface area contributed by atoms with Gasteiger partial charge in [-0.2, -0.15) is 0 Å². The first-order chi connectivity index (χ1) is 10.4. The maximum absolute atomic E-state index is 13.6. The summed E-state index contributed by atoms with van der Waals surface area (Å²) in [5, 5.41) is 10.8. The predicted octanol–water partition coefficient (Wildman–Crippen LogP) is 1.53. The Morgan fingerprint density at radius 1 is 1.45 bits per heavy atom. The fraction of sp³-hybridized carbons (Fsp3) is 0.533. The summed E-state index contributed by atoms with van der Waals surface area (Å²) in [7, 11) is 0. The van der Waals surface area contributed by atoms with E-state index in [-0.39, 0.29) is 10.9 Å². The number of carbonyl (C=O) groups is 1. The number of rotatable bonds is 5. The molecule has 5 nitrogen and oxygen atoms in total. The maximum Gasteiger partial charge on any atom is 0.233 e. The molecule has 0 saturated carbocycles. The molecule has 0 atom stereocenters. The van der Waals surface area contributed by atoms with Gasteiger partial charge in [0.15, 0.2) is 0 Å². The standard InChI is InChI=1S/C15H21ClFN3O2/c16-12-4-3-11(10-13(12)17)15(22)5-8-20(9-6-15)7-1-2-14(21)19-18/h3-4,10,22H,1-2,5-9,18H2,(H,19,21). The van der Waals surface area contributed by atoms with Gasteiger partial charge in [-0.1, -0.05) is 17.7 Å². The van der Waals surface area contributed by atoms with Crippen molar-refractivity contribution < 1.29 is 14.3 Å². The zero-order valence-electron chi connectivity index (χ0n) is 12.3. The van der Waals surface area contributed by atoms with Gasteiger partial charge in [-0.3, -0.25) is 10.2 Å². The number of aliphatic hydroxyl groups is 1. The molecule has 1 amide bonds. The summed E-state index contributed by atoms with van der Waals surface area (Å²) >= 11 is 5.68. The van der Waals surface area contributed by atoms with Crippen LogP contribution in [-0.4, -0.2) is 35.5 Å². The molecule has 4 N–H and O–H groups in total. The average Bonchev–Trinajstić information content (AvgIpc) is 2.51. The number of nitrogens with two attached hydrogens (primary N) is 1. The minimum atomic E-state index is -1.02. The number of hydrogen-bond acceptors (Lipinski definition) is 4. The van der Waals surface area contributed by atoms with Gasteiger partial charge in [0.25, 0.3) is 0 Å². The molecule has 7 heteroatoms. The fourth-order valence-corrected chi connectivity index (χ4v) is 2.87. The Kier molecular flexibility index (Phi) is 5.74. The van der Waals surface area contributed by atoms with Crippen molar-refractivity contribution in [1.82, 2.24) is 10.3 Å². The Bertz CT molecular complexity index is 534. The van der Waals surface area contributed by atoms with E-state index in [9.17, 15) is 14.3 Å². The minimum absolute atomic E-state index is 0.0583. The molecule has 0 spiro atoms. The summed E-state index contributed by atoms with van der Waals surface area (Å²) < 4.78 is 13.6. The molecular formula is C15H21ClFN3O2. The third kappa shape index (κ3) is 4.16. The van der Waals surface area contributed by atoms with Gasteiger partial charge in [0.05, 0.1) is 10.6 Å². The summed E-state index contributed by atoms with van der Waals surface area (Å²) in [5.74, 6) is 4.34. The van der Waals surface area contributed by atoms with Gasteiger partial charge in [0, 0.05) is 19.5 Å². The summed E-state index contributed by atoms with van der Waals surface area (Å²) in [6.07, 6.45) is 2.16. The number of hydrogen-bond donors (Lipinski definition) is 3. The van der Waals surface area contributed by atoms with Crippen LogP contribution in [0.1, 0.15) is 31.2 Å². The molecule has 1 fully saturated rings. The maximum atomic E-state index is 13.6. The summed E-state index contributed by atoms with van der Waals surface area (Å²) in [6, 6.07) is 4.46. The molecule has 22 heavy (non-hydrogen) atoms. The van der Waals surface area contributed by atoms with E-state index in [1.165, 1.54) is 12.1 Å². The fourth-order valence-electron chi connectivity index (χ4n) is 2.76. The van der Waals surface area contributed by atoms with E-state index in [1.807, 2.05) is 0 Å². The number of amides is 1. The first-order valence-corrected chi connectivity index (χ1v) is 7.72. The minimum Gasteiger partial charge on any atom is -0.385 e. The van der Waals surface area contributed by atoms with E-state index in [2.05, 4.69) is 10.3 Å². The monoisotopic (exact) mass is 329 g/mol. The molecule has 0 aromatic heterocycles. The number of carbonyl (C=O) groups excluding carboxylic acids is 1. The molecule has 1 aliphatic heterocycles. The van der Waals surface area contributed by atoms with Crippen LogP contribution in [0.15, 0.2) is 18.2 Å². The van der Waals surface area contributed by atoms with Crippen LogP contribution in [-0.2, 0) is 10.4 Å². The van der Waals surface area contributed by atoms with Gasteiger partial charge in [0.1, 0.15) is 5.82 Å². The number of halogens is 2. The van der Waals surface area contributed by atoms with Crippen molar-refractivity contribution in [3.05, 3.63) is 34.6 Å². The molecule has 0 bridgehead atoms. The van der Waals surface area contributed by atoms with E-state index in [0.717, 1.165) is 13.0 Å². The van der Waals surface area contributed by atoms with Crippen LogP contribution < -0.4 is 11.3 Å². The van der Waals surface area contributed by atoms with Crippen molar-refractivity contribution in [1.29, 1.82) is 0 Å². The van der Waals surface area contributed by atoms with E-state index in [0.29, 0.717) is 37.9 Å². The van der Waals surface area contributed by atoms with E-state index in [1.54, 1.807) is 6.07 Å². The van der Waals surface area contributed by atoms with Crippen LogP contribution >= 0.6 is 11.6 Å². The molecule has 1 saturated heterocycles. The predicted molar refractivity (Wildman–Crippen MR) is 82.5 cm³/mol. The molecular weight excluding hydrogens is 309 g/mol. The Morgan fingerprint density at radius 2 is 2.14 bits per heavy atom. The Hall–Kier alpha value is -1.21. The Labute approximate surface area is 134 Å². The molecule has 0 aliphatic carbocycles. The van der Waals surface area contributed by atoms with Gasteiger partial charge in [0.2, 0.25) is 5.91 Å². The highest BCUT2D eigenvalue weighted by atomic mass is 35.5. The normalized spacial score (nSPS) is 18.2. The van der Waals surface area contributed by atoms with Crippen molar-refractivity contribution >= 4 is 17.5 Å². The van der Waals surface area contributed by atoms with Crippen LogP contribution in [0.3, 0.4) is 0 Å². The van der Waals surface area contributed by atoms with Crippen molar-refractivity contribution in [2.24, 2.45) is 5.84 Å². The van der Waals surface area contributed by atoms with Gasteiger partial charge < -0.3 is 10.0 Å². The molecule has 122 valence electrons. The number of benzene rings is 1. The second kappa shape index (κ2) is 7.37. The quantitative estimate of drug-likeness (QED) is 0.435. The molecule has 0 radical (unpaired) electrons. The number of nitrogens with zero attached hydrogens (tertiary/aromatic N) is 1. The molecule has 0 unspecified atom stereocenters. The highest BCUT2D eigenvalue weighted by molar-refractivity contribution is 6.30.